The van der Waals surface area contributed by atoms with E-state index in [1.807, 2.05) is 0 Å². The number of carbonyl (C=O) groups is 1. The summed E-state index contributed by atoms with van der Waals surface area (Å²) in [6.07, 6.45) is 5.25. The normalized spacial score (nSPS) is 18.5. The highest BCUT2D eigenvalue weighted by Gasteiger charge is 2.34. The molecule has 0 spiro atoms. The number of methoxy groups -OCH3 is 1. The van der Waals surface area contributed by atoms with Gasteiger partial charge in [-0.3, -0.25) is 19.7 Å². The van der Waals surface area contributed by atoms with Gasteiger partial charge < -0.3 is 24.7 Å². The van der Waals surface area contributed by atoms with Crippen LogP contribution in [0.15, 0.2) is 64.5 Å². The number of ether oxygens (including phenoxy) is 2. The molecule has 2 aliphatic rings. The lowest BCUT2D eigenvalue weighted by Gasteiger charge is -2.35. The van der Waals surface area contributed by atoms with E-state index in [9.17, 15) is 28.1 Å². The third kappa shape index (κ3) is 7.06. The second kappa shape index (κ2) is 13.4. The molecule has 1 aliphatic carbocycles. The van der Waals surface area contributed by atoms with Crippen molar-refractivity contribution in [1.82, 2.24) is 29.6 Å². The van der Waals surface area contributed by atoms with Gasteiger partial charge in [0.2, 0.25) is 10.0 Å². The average Bonchev–Trinajstić information content (AvgIpc) is 3.07. The van der Waals surface area contributed by atoms with Gasteiger partial charge in [0.05, 0.1) is 42.0 Å². The number of amides is 1. The van der Waals surface area contributed by atoms with Crippen LogP contribution in [-0.2, 0) is 27.9 Å². The molecule has 1 saturated carbocycles. The van der Waals surface area contributed by atoms with E-state index in [1.165, 1.54) is 42.3 Å². The van der Waals surface area contributed by atoms with Crippen molar-refractivity contribution in [2.24, 2.45) is 5.92 Å². The molecule has 2 aromatic carbocycles. The topological polar surface area (TPSA) is 210 Å². The second-order valence-corrected chi connectivity index (χ2v) is 13.0. The third-order valence-corrected chi connectivity index (χ3v) is 9.94. The highest BCUT2D eigenvalue weighted by atomic mass is 32.2. The minimum Gasteiger partial charge on any atom is -0.497 e. The molecule has 3 N–H and O–H groups in total. The molecule has 47 heavy (non-hydrogen) atoms. The Hall–Kier alpha value is -5.00. The highest BCUT2D eigenvalue weighted by Crippen LogP contribution is 2.31. The van der Waals surface area contributed by atoms with Crippen LogP contribution in [0.5, 0.6) is 11.5 Å². The Morgan fingerprint density at radius 2 is 1.91 bits per heavy atom. The number of nitrogens with zero attached hydrogens (tertiary/aromatic N) is 5. The van der Waals surface area contributed by atoms with Crippen molar-refractivity contribution in [3.05, 3.63) is 81.2 Å². The van der Waals surface area contributed by atoms with E-state index in [2.05, 4.69) is 30.3 Å². The smallest absolute Gasteiger partial charge is 0.289 e. The number of hydrogen-bond donors (Lipinski definition) is 3. The molecule has 0 radical (unpaired) electrons. The van der Waals surface area contributed by atoms with Crippen LogP contribution >= 0.6 is 0 Å². The molecular weight excluding hydrogens is 632 g/mol. The van der Waals surface area contributed by atoms with Crippen molar-refractivity contribution in [2.45, 2.75) is 55.8 Å². The molecule has 0 bridgehead atoms. The standard InChI is InChI=1S/C30H32N8O8S/c1-45-20-10-11-21-24(12-20)37(29(40)15-32-21)16-22(36-47(43,44)26-5-3-2-4-23(26)38(41)42)18-6-8-19(9-7-18)31-14-27-33-13-25-30(34-27)35-28(39)17-46-25/h2-5,10-13,15,18-19,22,31,36H,6-9,14,16-17H2,1H3,(H,33,34,35,39)/t18-,19-,22?. The summed E-state index contributed by atoms with van der Waals surface area (Å²) in [5.74, 6) is 1.20. The summed E-state index contributed by atoms with van der Waals surface area (Å²) in [5, 5.41) is 17.8. The van der Waals surface area contributed by atoms with Crippen molar-refractivity contribution in [1.29, 1.82) is 0 Å². The number of nitro benzene ring substituents is 1. The maximum atomic E-state index is 13.7. The van der Waals surface area contributed by atoms with Gasteiger partial charge in [0.15, 0.2) is 23.1 Å². The summed E-state index contributed by atoms with van der Waals surface area (Å²) in [4.78, 5) is 48.2. The maximum Gasteiger partial charge on any atom is 0.289 e. The van der Waals surface area contributed by atoms with E-state index in [0.29, 0.717) is 66.4 Å². The molecule has 0 saturated heterocycles. The van der Waals surface area contributed by atoms with E-state index in [1.54, 1.807) is 18.2 Å². The Balaban J connectivity index is 1.23. The summed E-state index contributed by atoms with van der Waals surface area (Å²) < 4.78 is 42.2. The number of sulfonamides is 1. The zero-order valence-electron chi connectivity index (χ0n) is 25.3. The van der Waals surface area contributed by atoms with Gasteiger partial charge in [0, 0.05) is 30.8 Å². The van der Waals surface area contributed by atoms with Crippen LogP contribution in [-0.4, -0.2) is 64.6 Å². The first-order chi connectivity index (χ1) is 22.6. The number of aromatic nitrogens is 4. The molecule has 6 rings (SSSR count). The first-order valence-electron chi connectivity index (χ1n) is 14.9. The Morgan fingerprint density at radius 1 is 1.13 bits per heavy atom. The van der Waals surface area contributed by atoms with Gasteiger partial charge in [-0.15, -0.1) is 0 Å². The summed E-state index contributed by atoms with van der Waals surface area (Å²) in [7, 11) is -2.87. The number of nitro groups is 1. The predicted molar refractivity (Wildman–Crippen MR) is 169 cm³/mol. The third-order valence-electron chi connectivity index (χ3n) is 8.40. The number of fused-ring (bicyclic) bond motifs is 2. The van der Waals surface area contributed by atoms with Gasteiger partial charge in [0.1, 0.15) is 11.6 Å². The first-order valence-corrected chi connectivity index (χ1v) is 16.4. The zero-order chi connectivity index (χ0) is 33.1. The SMILES string of the molecule is COc1ccc2ncc(=O)n(CC(NS(=O)(=O)c3ccccc3[N+](=O)[O-])[C@H]3CC[C@H](NCc4ncc5c(n4)NC(=O)CO5)CC3)c2c1. The number of carbonyl (C=O) groups excluding carboxylic acids is 1. The molecule has 4 aromatic rings. The Morgan fingerprint density at radius 3 is 2.68 bits per heavy atom. The summed E-state index contributed by atoms with van der Waals surface area (Å²) in [5.41, 5.74) is 0.0175. The van der Waals surface area contributed by atoms with Crippen LogP contribution in [0.2, 0.25) is 0 Å². The van der Waals surface area contributed by atoms with E-state index in [4.69, 9.17) is 9.47 Å². The predicted octanol–water partition coefficient (Wildman–Crippen LogP) is 2.13. The van der Waals surface area contributed by atoms with Crippen molar-refractivity contribution in [2.75, 3.05) is 19.0 Å². The van der Waals surface area contributed by atoms with Crippen LogP contribution in [0.3, 0.4) is 0 Å². The number of hydrogen-bond acceptors (Lipinski definition) is 12. The lowest BCUT2D eigenvalue weighted by molar-refractivity contribution is -0.387. The molecule has 246 valence electrons. The van der Waals surface area contributed by atoms with Crippen molar-refractivity contribution < 1.29 is 27.6 Å². The fourth-order valence-corrected chi connectivity index (χ4v) is 7.46. The number of para-hydroxylation sites is 1. The molecule has 1 unspecified atom stereocenters. The summed E-state index contributed by atoms with van der Waals surface area (Å²) >= 11 is 0. The van der Waals surface area contributed by atoms with Gasteiger partial charge in [-0.1, -0.05) is 12.1 Å². The Kier molecular flexibility index (Phi) is 9.10. The van der Waals surface area contributed by atoms with Gasteiger partial charge in [-0.2, -0.15) is 0 Å². The van der Waals surface area contributed by atoms with Gasteiger partial charge in [-0.05, 0) is 49.8 Å². The number of benzene rings is 2. The quantitative estimate of drug-likeness (QED) is 0.156. The maximum absolute atomic E-state index is 13.7. The minimum atomic E-state index is -4.37. The Bertz CT molecular complexity index is 2000. The fourth-order valence-electron chi connectivity index (χ4n) is 5.99. The number of nitrogens with one attached hydrogen (secondary N) is 3. The molecule has 1 fully saturated rings. The molecule has 1 aliphatic heterocycles. The lowest BCUT2D eigenvalue weighted by Crippen LogP contribution is -2.47. The lowest BCUT2D eigenvalue weighted by atomic mass is 9.81. The molecule has 3 heterocycles. The fraction of sp³-hybridized carbons (Fsp3) is 0.367. The van der Waals surface area contributed by atoms with Crippen LogP contribution in [0, 0.1) is 16.0 Å². The Labute approximate surface area is 268 Å². The monoisotopic (exact) mass is 664 g/mol. The van der Waals surface area contributed by atoms with Crippen LogP contribution in [0.4, 0.5) is 11.5 Å². The van der Waals surface area contributed by atoms with Gasteiger partial charge in [0.25, 0.3) is 17.2 Å². The van der Waals surface area contributed by atoms with Crippen LogP contribution < -0.4 is 30.4 Å². The van der Waals surface area contributed by atoms with E-state index >= 15 is 0 Å². The number of rotatable bonds is 11. The minimum absolute atomic E-state index is 0.0373. The zero-order valence-corrected chi connectivity index (χ0v) is 26.1. The van der Waals surface area contributed by atoms with E-state index in [-0.39, 0.29) is 31.0 Å². The van der Waals surface area contributed by atoms with Gasteiger partial charge >= 0.3 is 0 Å². The average molecular weight is 665 g/mol. The molecule has 1 atom stereocenters. The molecular formula is C30H32N8O8S. The molecule has 2 aromatic heterocycles. The molecule has 17 heteroatoms. The van der Waals surface area contributed by atoms with E-state index in [0.717, 1.165) is 6.07 Å². The first kappa shape index (κ1) is 32.0. The largest absolute Gasteiger partial charge is 0.497 e. The molecule has 16 nitrogen and oxygen atoms in total. The van der Waals surface area contributed by atoms with E-state index < -0.39 is 37.1 Å². The van der Waals surface area contributed by atoms with Crippen LogP contribution in [0.25, 0.3) is 11.0 Å². The summed E-state index contributed by atoms with van der Waals surface area (Å²) in [6.45, 7) is 0.216. The molecule has 1 amide bonds. The van der Waals surface area contributed by atoms with Crippen molar-refractivity contribution in [3.8, 4) is 11.5 Å². The van der Waals surface area contributed by atoms with Gasteiger partial charge in [-0.25, -0.2) is 28.1 Å². The van der Waals surface area contributed by atoms with Crippen LogP contribution in [0.1, 0.15) is 31.5 Å². The summed E-state index contributed by atoms with van der Waals surface area (Å²) in [6, 6.07) is 9.52. The second-order valence-electron chi connectivity index (χ2n) is 11.3. The number of anilines is 1. The van der Waals surface area contributed by atoms with Crippen molar-refractivity contribution in [3.63, 3.8) is 0 Å². The highest BCUT2D eigenvalue weighted by molar-refractivity contribution is 7.89. The van der Waals surface area contributed by atoms with Crippen molar-refractivity contribution >= 4 is 38.5 Å².